The fourth-order valence-corrected chi connectivity index (χ4v) is 15.0. The zero-order valence-electron chi connectivity index (χ0n) is 49.4. The molecule has 480 valence electrons. The van der Waals surface area contributed by atoms with E-state index in [4.69, 9.17) is 28.4 Å². The van der Waals surface area contributed by atoms with E-state index in [0.29, 0.717) is 32.0 Å². The molecule has 0 spiro atoms. The summed E-state index contributed by atoms with van der Waals surface area (Å²) < 4.78 is 97.6. The lowest BCUT2D eigenvalue weighted by molar-refractivity contribution is -0.140. The second kappa shape index (κ2) is 23.4. The second-order valence-electron chi connectivity index (χ2n) is 23.0. The molecule has 94 heavy (non-hydrogen) atoms. The Morgan fingerprint density at radius 2 is 0.936 bits per heavy atom. The van der Waals surface area contributed by atoms with Crippen LogP contribution in [0.1, 0.15) is 69.2 Å². The van der Waals surface area contributed by atoms with Crippen molar-refractivity contribution in [2.24, 2.45) is 0 Å². The Balaban J connectivity index is 0.000000155. The lowest BCUT2D eigenvalue weighted by Gasteiger charge is -2.51. The molecule has 2 aliphatic carbocycles. The summed E-state index contributed by atoms with van der Waals surface area (Å²) in [5.74, 6) is -6.83. The number of halogens is 4. The number of ether oxygens (including phenoxy) is 6. The van der Waals surface area contributed by atoms with Gasteiger partial charge in [-0.25, -0.2) is 37.1 Å². The van der Waals surface area contributed by atoms with Gasteiger partial charge in [-0.05, 0) is 45.5 Å². The number of hydrogen-bond acceptors (Lipinski definition) is 20. The molecule has 8 aliphatic rings. The molecule has 4 aromatic carbocycles. The number of aromatic nitrogens is 4. The number of likely N-dealkylation sites (tertiary alicyclic amines) is 2. The Hall–Kier alpha value is -10.3. The number of pyridine rings is 2. The second-order valence-corrected chi connectivity index (χ2v) is 24.7. The summed E-state index contributed by atoms with van der Waals surface area (Å²) >= 11 is 2.58. The molecule has 4 fully saturated rings. The van der Waals surface area contributed by atoms with E-state index in [-0.39, 0.29) is 111 Å². The number of thiazole rings is 2. The zero-order chi connectivity index (χ0) is 65.1. The van der Waals surface area contributed by atoms with Crippen molar-refractivity contribution >= 4 is 58.6 Å². The van der Waals surface area contributed by atoms with Gasteiger partial charge in [0.05, 0.1) is 96.9 Å². The number of hydrogen-bond donors (Lipinski definition) is 0. The third-order valence-electron chi connectivity index (χ3n) is 17.8. The summed E-state index contributed by atoms with van der Waals surface area (Å²) in [5, 5.41) is 3.52. The Morgan fingerprint density at radius 3 is 1.34 bits per heavy atom. The minimum Gasteiger partial charge on any atom is -0.427 e. The van der Waals surface area contributed by atoms with Gasteiger partial charge < -0.3 is 48.0 Å². The lowest BCUT2D eigenvalue weighted by Crippen LogP contribution is -2.66. The summed E-state index contributed by atoms with van der Waals surface area (Å²) in [4.78, 5) is 120. The van der Waals surface area contributed by atoms with Crippen LogP contribution < -0.4 is 30.3 Å². The molecule has 16 rings (SSSR count). The molecule has 4 aromatic heterocycles. The molecule has 6 aliphatic heterocycles. The zero-order valence-corrected chi connectivity index (χ0v) is 51.1. The van der Waals surface area contributed by atoms with Gasteiger partial charge in [-0.15, -0.1) is 22.7 Å². The first-order valence-corrected chi connectivity index (χ1v) is 31.4. The van der Waals surface area contributed by atoms with Crippen molar-refractivity contribution in [1.82, 2.24) is 38.9 Å². The van der Waals surface area contributed by atoms with E-state index in [2.05, 4.69) is 9.97 Å². The first kappa shape index (κ1) is 60.0. The number of carbonyl (C=O) groups excluding carboxylic acids is 6. The molecule has 4 saturated heterocycles. The summed E-state index contributed by atoms with van der Waals surface area (Å²) in [6.45, 7) is 4.31. The highest BCUT2D eigenvalue weighted by Crippen LogP contribution is 2.52. The molecular weight excluding hydrogens is 1270 g/mol. The maximum absolute atomic E-state index is 15.9. The Morgan fingerprint density at radius 1 is 0.532 bits per heavy atom. The van der Waals surface area contributed by atoms with Crippen molar-refractivity contribution in [3.05, 3.63) is 186 Å². The van der Waals surface area contributed by atoms with Gasteiger partial charge >= 0.3 is 12.3 Å². The van der Waals surface area contributed by atoms with Crippen molar-refractivity contribution in [3.8, 4) is 54.9 Å². The molecule has 0 radical (unpaired) electrons. The van der Waals surface area contributed by atoms with Crippen LogP contribution in [0.15, 0.2) is 118 Å². The van der Waals surface area contributed by atoms with E-state index >= 15 is 8.78 Å². The van der Waals surface area contributed by atoms with Crippen molar-refractivity contribution in [1.29, 1.82) is 0 Å². The third kappa shape index (κ3) is 9.74. The van der Waals surface area contributed by atoms with E-state index in [1.165, 1.54) is 90.0 Å². The van der Waals surface area contributed by atoms with Gasteiger partial charge in [-0.1, -0.05) is 60.7 Å². The molecule has 24 nitrogen and oxygen atoms in total. The van der Waals surface area contributed by atoms with Crippen LogP contribution in [0.4, 0.5) is 27.2 Å². The van der Waals surface area contributed by atoms with Gasteiger partial charge in [0.1, 0.15) is 24.5 Å². The highest BCUT2D eigenvalue weighted by molar-refractivity contribution is 7.14. The Labute approximate surface area is 536 Å². The molecule has 4 atom stereocenters. The van der Waals surface area contributed by atoms with Crippen LogP contribution in [0.25, 0.3) is 43.4 Å². The average molecular weight is 1320 g/mol. The summed E-state index contributed by atoms with van der Waals surface area (Å²) in [6, 6.07) is 20.5. The Bertz CT molecular complexity index is 4380. The maximum Gasteiger partial charge on any atom is 0.514 e. The van der Waals surface area contributed by atoms with Gasteiger partial charge in [-0.3, -0.25) is 48.1 Å². The topological polar surface area (TPSA) is 247 Å². The van der Waals surface area contributed by atoms with E-state index in [1.807, 2.05) is 48.5 Å². The molecule has 0 N–H and O–H groups in total. The lowest BCUT2D eigenvalue weighted by atomic mass is 9.92. The fraction of sp³-hybridized carbons (Fsp3) is 0.281. The molecule has 30 heteroatoms. The normalized spacial score (nSPS) is 19.8. The van der Waals surface area contributed by atoms with E-state index in [1.54, 1.807) is 21.0 Å². The first-order chi connectivity index (χ1) is 45.4. The number of benzene rings is 4. The molecule has 0 bridgehead atoms. The molecular formula is C64H50F4N10O14S2. The van der Waals surface area contributed by atoms with Crippen LogP contribution in [0.3, 0.4) is 0 Å². The molecule has 4 amide bonds. The Kier molecular flexibility index (Phi) is 14.9. The minimum atomic E-state index is -1.20. The highest BCUT2D eigenvalue weighted by atomic mass is 32.1. The highest BCUT2D eigenvalue weighted by Gasteiger charge is 2.50. The molecule has 10 heterocycles. The van der Waals surface area contributed by atoms with Crippen LogP contribution in [0.5, 0.6) is 11.5 Å². The van der Waals surface area contributed by atoms with Crippen LogP contribution >= 0.6 is 22.7 Å². The van der Waals surface area contributed by atoms with Crippen LogP contribution in [0.2, 0.25) is 0 Å². The van der Waals surface area contributed by atoms with Gasteiger partial charge in [0, 0.05) is 62.6 Å². The van der Waals surface area contributed by atoms with Crippen LogP contribution in [-0.2, 0) is 28.5 Å². The predicted octanol–water partition coefficient (Wildman–Crippen LogP) is 7.03. The van der Waals surface area contributed by atoms with Gasteiger partial charge in [-0.2, -0.15) is 0 Å². The molecule has 2 unspecified atom stereocenters. The van der Waals surface area contributed by atoms with E-state index in [9.17, 15) is 47.1 Å². The number of fused-ring (bicyclic) bond motifs is 14. The van der Waals surface area contributed by atoms with E-state index in [0.717, 1.165) is 35.4 Å². The van der Waals surface area contributed by atoms with E-state index < -0.39 is 106 Å². The smallest absolute Gasteiger partial charge is 0.427 e. The monoisotopic (exact) mass is 1320 g/mol. The van der Waals surface area contributed by atoms with Gasteiger partial charge in [0.15, 0.2) is 34.7 Å². The predicted molar refractivity (Wildman–Crippen MR) is 325 cm³/mol. The number of carbonyl (C=O) groups is 6. The van der Waals surface area contributed by atoms with Crippen LogP contribution in [-0.4, -0.2) is 165 Å². The van der Waals surface area contributed by atoms with Crippen LogP contribution in [0, 0.1) is 23.3 Å². The number of amides is 4. The fourth-order valence-electron chi connectivity index (χ4n) is 13.4. The first-order valence-electron chi connectivity index (χ1n) is 29.6. The summed E-state index contributed by atoms with van der Waals surface area (Å²) in [7, 11) is 0. The van der Waals surface area contributed by atoms with Gasteiger partial charge in [0.25, 0.3) is 11.8 Å². The summed E-state index contributed by atoms with van der Waals surface area (Å²) in [5.41, 5.74) is 5.31. The van der Waals surface area contributed by atoms with Gasteiger partial charge in [0.2, 0.25) is 34.2 Å². The standard InChI is InChI=1S/2C32H25F2N5O7S/c2*1-16(40)36-12-17(13-36)45-32(43)46-29-22(41)8-9-38-28(29)31(42)37-10-11-44-14-23(37)39(38)27-18-4-2-3-5-19(18)30-26(35-15-47-30)24-20(27)6-7-21(33)25(24)34/h2*2-9,15,17,23,27H,10-14H2,1H3/t23-,27-;/m1./s1. The quantitative estimate of drug-likeness (QED) is 0.120. The number of nitrogens with zero attached hydrogens (tertiary/aromatic N) is 10. The van der Waals surface area contributed by atoms with Crippen molar-refractivity contribution < 1.29 is 74.8 Å². The van der Waals surface area contributed by atoms with Crippen molar-refractivity contribution in [2.45, 2.75) is 50.5 Å². The molecule has 0 saturated carbocycles. The minimum absolute atomic E-state index is 0.0228. The number of morpholine rings is 2. The molecule has 8 aromatic rings. The maximum atomic E-state index is 15.9. The van der Waals surface area contributed by atoms with Crippen molar-refractivity contribution in [3.63, 3.8) is 0 Å². The summed E-state index contributed by atoms with van der Waals surface area (Å²) in [6.07, 6.45) is -2.42. The number of rotatable bonds is 6. The third-order valence-corrected chi connectivity index (χ3v) is 19.5. The largest absolute Gasteiger partial charge is 0.514 e. The van der Waals surface area contributed by atoms with Crippen molar-refractivity contribution in [2.75, 3.05) is 75.7 Å². The SMILES string of the molecule is CC(=O)N1CC(OC(=O)Oc2c3n(ccc2=O)N(C2c4ccccc4-c4scnc4-c4c2ccc(F)c4F)C2COCCN2C3=O)C1.CC(=O)N1CC(OC(=O)Oc2c3n(ccc2=O)N([C@@H]2c4ccccc4-c4scnc4-c4c2ccc(F)c4F)[C@@H]2COCCN2C3=O)C1. The average Bonchev–Trinajstić information content (AvgIpc) is 1.29.